The Labute approximate surface area is 178 Å². The maximum atomic E-state index is 13.6. The zero-order valence-electron chi connectivity index (χ0n) is 16.8. The first-order valence-corrected chi connectivity index (χ1v) is 9.71. The van der Waals surface area contributed by atoms with E-state index in [9.17, 15) is 36.2 Å². The number of carbonyl (C=O) groups is 1. The highest BCUT2D eigenvalue weighted by Gasteiger charge is 2.59. The topological polar surface area (TPSA) is 76.4 Å². The second kappa shape index (κ2) is 7.48. The highest BCUT2D eigenvalue weighted by Crippen LogP contribution is 2.51. The van der Waals surface area contributed by atoms with Gasteiger partial charge in [0.15, 0.2) is 5.69 Å². The molecule has 2 saturated heterocycles. The molecule has 0 radical (unpaired) electrons. The number of carbonyl (C=O) groups excluding carboxylic acids is 1. The minimum absolute atomic E-state index is 0.0302. The Morgan fingerprint density at radius 2 is 1.91 bits per heavy atom. The first-order chi connectivity index (χ1) is 14.8. The van der Waals surface area contributed by atoms with Gasteiger partial charge in [-0.1, -0.05) is 6.07 Å². The highest BCUT2D eigenvalue weighted by molar-refractivity contribution is 5.95. The minimum atomic E-state index is -4.80. The Balaban J connectivity index is 1.70. The largest absolute Gasteiger partial charge is 0.435 e. The van der Waals surface area contributed by atoms with Crippen molar-refractivity contribution in [2.75, 3.05) is 5.32 Å². The molecule has 6 nitrogen and oxygen atoms in total. The molecule has 2 bridgehead atoms. The van der Waals surface area contributed by atoms with Gasteiger partial charge in [-0.3, -0.25) is 9.48 Å². The molecule has 2 aromatic rings. The minimum Gasteiger partial charge on any atom is -0.390 e. The fourth-order valence-electron chi connectivity index (χ4n) is 4.68. The average molecular weight is 463 g/mol. The fourth-order valence-corrected chi connectivity index (χ4v) is 4.68. The van der Waals surface area contributed by atoms with Gasteiger partial charge in [-0.2, -0.15) is 31.4 Å². The number of ether oxygens (including phenoxy) is 1. The Bertz CT molecular complexity index is 1050. The number of nitrogens with zero attached hydrogens (tertiary/aromatic N) is 2. The standard InChI is InChI=1S/C20H19F6N3O3/c1-8-10(19(21,22)23)4-3-5-11(8)27-18(31)15-13-6-12(30)16(32-13)14(15)9-7-29(2)28-17(9)20(24,25)26/h3-5,7,12-16,30H,6H2,1-2H3,(H,27,31). The van der Waals surface area contributed by atoms with Crippen LogP contribution in [0.5, 0.6) is 0 Å². The van der Waals surface area contributed by atoms with Gasteiger partial charge in [0.25, 0.3) is 0 Å². The van der Waals surface area contributed by atoms with Crippen LogP contribution in [0.2, 0.25) is 0 Å². The number of rotatable bonds is 3. The Morgan fingerprint density at radius 3 is 2.53 bits per heavy atom. The van der Waals surface area contributed by atoms with E-state index in [1.165, 1.54) is 20.0 Å². The van der Waals surface area contributed by atoms with Crippen LogP contribution in [0, 0.1) is 12.8 Å². The maximum Gasteiger partial charge on any atom is 0.435 e. The summed E-state index contributed by atoms with van der Waals surface area (Å²) in [7, 11) is 1.30. The van der Waals surface area contributed by atoms with E-state index in [2.05, 4.69) is 10.4 Å². The van der Waals surface area contributed by atoms with Crippen LogP contribution >= 0.6 is 0 Å². The van der Waals surface area contributed by atoms with Crippen molar-refractivity contribution in [2.45, 2.75) is 49.9 Å². The van der Waals surface area contributed by atoms with Gasteiger partial charge in [0.2, 0.25) is 5.91 Å². The summed E-state index contributed by atoms with van der Waals surface area (Å²) in [6.45, 7) is 1.19. The van der Waals surface area contributed by atoms with Gasteiger partial charge >= 0.3 is 12.4 Å². The Hall–Kier alpha value is -2.60. The van der Waals surface area contributed by atoms with Gasteiger partial charge in [0.1, 0.15) is 0 Å². The molecule has 2 fully saturated rings. The lowest BCUT2D eigenvalue weighted by molar-refractivity contribution is -0.143. The van der Waals surface area contributed by atoms with Gasteiger partial charge < -0.3 is 15.2 Å². The number of aromatic nitrogens is 2. The van der Waals surface area contributed by atoms with Gasteiger partial charge in [-0.15, -0.1) is 0 Å². The van der Waals surface area contributed by atoms with E-state index in [-0.39, 0.29) is 23.2 Å². The van der Waals surface area contributed by atoms with Crippen LogP contribution in [0.25, 0.3) is 0 Å². The molecule has 174 valence electrons. The molecule has 2 aliphatic heterocycles. The monoisotopic (exact) mass is 463 g/mol. The molecule has 5 unspecified atom stereocenters. The lowest BCUT2D eigenvalue weighted by Gasteiger charge is -2.30. The van der Waals surface area contributed by atoms with Gasteiger partial charge in [0, 0.05) is 36.8 Å². The number of anilines is 1. The van der Waals surface area contributed by atoms with E-state index in [0.29, 0.717) is 0 Å². The quantitative estimate of drug-likeness (QED) is 0.682. The number of aliphatic hydroxyl groups is 1. The van der Waals surface area contributed by atoms with Crippen molar-refractivity contribution in [1.29, 1.82) is 0 Å². The molecule has 2 aliphatic rings. The smallest absolute Gasteiger partial charge is 0.390 e. The van der Waals surface area contributed by atoms with E-state index >= 15 is 0 Å². The summed E-state index contributed by atoms with van der Waals surface area (Å²) in [5, 5.41) is 16.1. The van der Waals surface area contributed by atoms with Crippen molar-refractivity contribution in [2.24, 2.45) is 13.0 Å². The number of hydrogen-bond donors (Lipinski definition) is 2. The third-order valence-electron chi connectivity index (χ3n) is 6.01. The molecule has 0 saturated carbocycles. The van der Waals surface area contributed by atoms with Crippen molar-refractivity contribution < 1.29 is 41.0 Å². The second-order valence-corrected chi connectivity index (χ2v) is 8.06. The van der Waals surface area contributed by atoms with Crippen LogP contribution < -0.4 is 5.32 Å². The number of fused-ring (bicyclic) bond motifs is 2. The van der Waals surface area contributed by atoms with Crippen LogP contribution in [0.1, 0.15) is 34.7 Å². The summed E-state index contributed by atoms with van der Waals surface area (Å²) in [4.78, 5) is 13.1. The third-order valence-corrected chi connectivity index (χ3v) is 6.01. The molecule has 1 aromatic heterocycles. The van der Waals surface area contributed by atoms with Crippen molar-refractivity contribution in [3.63, 3.8) is 0 Å². The first kappa shape index (κ1) is 22.6. The molecule has 5 atom stereocenters. The summed E-state index contributed by atoms with van der Waals surface area (Å²) in [5.41, 5.74) is -2.74. The van der Waals surface area contributed by atoms with Crippen LogP contribution in [0.4, 0.5) is 32.0 Å². The number of amides is 1. The van der Waals surface area contributed by atoms with Gasteiger partial charge in [-0.25, -0.2) is 0 Å². The summed E-state index contributed by atoms with van der Waals surface area (Å²) >= 11 is 0. The lowest BCUT2D eigenvalue weighted by Crippen LogP contribution is -2.41. The molecule has 0 spiro atoms. The van der Waals surface area contributed by atoms with E-state index in [0.717, 1.165) is 23.0 Å². The lowest BCUT2D eigenvalue weighted by atomic mass is 9.73. The van der Waals surface area contributed by atoms with Crippen molar-refractivity contribution in [1.82, 2.24) is 9.78 Å². The summed E-state index contributed by atoms with van der Waals surface area (Å²) in [5.74, 6) is -3.10. The van der Waals surface area contributed by atoms with Crippen LogP contribution in [-0.2, 0) is 28.9 Å². The number of benzene rings is 1. The highest BCUT2D eigenvalue weighted by atomic mass is 19.4. The summed E-state index contributed by atoms with van der Waals surface area (Å²) < 4.78 is 86.8. The predicted molar refractivity (Wildman–Crippen MR) is 98.5 cm³/mol. The molecule has 3 heterocycles. The molecule has 4 rings (SSSR count). The van der Waals surface area contributed by atoms with E-state index in [4.69, 9.17) is 4.74 Å². The summed E-state index contributed by atoms with van der Waals surface area (Å²) in [6, 6.07) is 3.29. The van der Waals surface area contributed by atoms with E-state index in [1.807, 2.05) is 0 Å². The predicted octanol–water partition coefficient (Wildman–Crippen LogP) is 3.64. The van der Waals surface area contributed by atoms with E-state index < -0.39 is 59.7 Å². The molecule has 0 aliphatic carbocycles. The van der Waals surface area contributed by atoms with Crippen LogP contribution in [0.3, 0.4) is 0 Å². The average Bonchev–Trinajstić information content (AvgIpc) is 3.33. The van der Waals surface area contributed by atoms with E-state index in [1.54, 1.807) is 0 Å². The Kier molecular flexibility index (Phi) is 5.28. The molecule has 1 amide bonds. The number of alkyl halides is 6. The fraction of sp³-hybridized carbons (Fsp3) is 0.500. The molecule has 12 heteroatoms. The van der Waals surface area contributed by atoms with Gasteiger partial charge in [-0.05, 0) is 24.6 Å². The van der Waals surface area contributed by atoms with Crippen LogP contribution in [0.15, 0.2) is 24.4 Å². The van der Waals surface area contributed by atoms with Crippen molar-refractivity contribution in [3.8, 4) is 0 Å². The number of aliphatic hydroxyl groups excluding tert-OH is 1. The van der Waals surface area contributed by atoms with Crippen molar-refractivity contribution in [3.05, 3.63) is 46.8 Å². The molecular weight excluding hydrogens is 444 g/mol. The molecule has 1 aromatic carbocycles. The number of aryl methyl sites for hydroxylation is 1. The molecule has 2 N–H and O–H groups in total. The first-order valence-electron chi connectivity index (χ1n) is 9.71. The van der Waals surface area contributed by atoms with Gasteiger partial charge in [0.05, 0.1) is 29.8 Å². The number of hydrogen-bond acceptors (Lipinski definition) is 4. The molecular formula is C20H19F6N3O3. The van der Waals surface area contributed by atoms with Crippen LogP contribution in [-0.4, -0.2) is 39.1 Å². The number of nitrogens with one attached hydrogen (secondary N) is 1. The SMILES string of the molecule is Cc1c(NC(=O)C2C3CC(O)C(O3)C2c2cn(C)nc2C(F)(F)F)cccc1C(F)(F)F. The normalized spacial score (nSPS) is 27.7. The zero-order chi connectivity index (χ0) is 23.6. The zero-order valence-corrected chi connectivity index (χ0v) is 16.8. The third kappa shape index (κ3) is 3.75. The maximum absolute atomic E-state index is 13.6. The Morgan fingerprint density at radius 1 is 1.22 bits per heavy atom. The second-order valence-electron chi connectivity index (χ2n) is 8.06. The van der Waals surface area contributed by atoms with Crippen molar-refractivity contribution >= 4 is 11.6 Å². The molecule has 32 heavy (non-hydrogen) atoms. The number of halogens is 6. The summed E-state index contributed by atoms with van der Waals surface area (Å²) in [6.07, 6.45) is -11.3.